The van der Waals surface area contributed by atoms with E-state index in [4.69, 9.17) is 9.47 Å². The Balaban J connectivity index is 1.96. The van der Waals surface area contributed by atoms with E-state index in [-0.39, 0.29) is 23.5 Å². The Morgan fingerprint density at radius 2 is 1.96 bits per heavy atom. The van der Waals surface area contributed by atoms with Gasteiger partial charge < -0.3 is 14.4 Å². The number of ether oxygens (including phenoxy) is 2. The summed E-state index contributed by atoms with van der Waals surface area (Å²) in [4.78, 5) is 15.7. The molecular weight excluding hydrogens is 338 g/mol. The van der Waals surface area contributed by atoms with E-state index in [2.05, 4.69) is 26.0 Å². The molecule has 4 nitrogen and oxygen atoms in total. The summed E-state index contributed by atoms with van der Waals surface area (Å²) in [5.74, 6) is 0.660. The zero-order valence-electron chi connectivity index (χ0n) is 16.6. The summed E-state index contributed by atoms with van der Waals surface area (Å²) in [6, 6.07) is 18.0. The summed E-state index contributed by atoms with van der Waals surface area (Å²) in [6.07, 6.45) is 0.707. The molecule has 0 saturated carbocycles. The number of rotatable bonds is 5. The molecule has 27 heavy (non-hydrogen) atoms. The molecule has 1 aliphatic heterocycles. The molecule has 1 fully saturated rings. The molecule has 2 atom stereocenters. The fourth-order valence-corrected chi connectivity index (χ4v) is 3.61. The standard InChI is InChI=1S/C23H29NO3/c1-17-15-24(23(2,3)16-27-17)22(25)21(13-18-9-6-5-7-10-18)19-11-8-12-20(14-19)26-4/h5-12,14,17,21H,13,15-16H2,1-4H3. The van der Waals surface area contributed by atoms with Gasteiger partial charge in [-0.1, -0.05) is 42.5 Å². The van der Waals surface area contributed by atoms with Gasteiger partial charge >= 0.3 is 0 Å². The molecule has 3 rings (SSSR count). The number of carbonyl (C=O) groups excluding carboxylic acids is 1. The normalized spacial score (nSPS) is 20.1. The van der Waals surface area contributed by atoms with Crippen LogP contribution >= 0.6 is 0 Å². The maximum absolute atomic E-state index is 13.7. The fraction of sp³-hybridized carbons (Fsp3) is 0.435. The second kappa shape index (κ2) is 8.13. The van der Waals surface area contributed by atoms with Crippen molar-refractivity contribution >= 4 is 5.91 Å². The first-order valence-electron chi connectivity index (χ1n) is 9.51. The molecule has 0 aliphatic carbocycles. The van der Waals surface area contributed by atoms with Crippen LogP contribution in [0.3, 0.4) is 0 Å². The lowest BCUT2D eigenvalue weighted by atomic mass is 9.88. The van der Waals surface area contributed by atoms with Gasteiger partial charge in [0, 0.05) is 6.54 Å². The third-order valence-corrected chi connectivity index (χ3v) is 5.23. The zero-order chi connectivity index (χ0) is 19.4. The van der Waals surface area contributed by atoms with Gasteiger partial charge in [-0.05, 0) is 50.5 Å². The summed E-state index contributed by atoms with van der Waals surface area (Å²) in [6.45, 7) is 7.33. The van der Waals surface area contributed by atoms with Crippen molar-refractivity contribution in [2.24, 2.45) is 0 Å². The molecule has 2 aromatic carbocycles. The maximum atomic E-state index is 13.7. The molecule has 0 aromatic heterocycles. The van der Waals surface area contributed by atoms with E-state index in [0.717, 1.165) is 16.9 Å². The first kappa shape index (κ1) is 19.4. The van der Waals surface area contributed by atoms with Gasteiger partial charge in [0.05, 0.1) is 31.3 Å². The molecule has 1 aliphatic rings. The van der Waals surface area contributed by atoms with Crippen molar-refractivity contribution in [1.29, 1.82) is 0 Å². The number of benzene rings is 2. The quantitative estimate of drug-likeness (QED) is 0.800. The molecule has 2 unspecified atom stereocenters. The minimum absolute atomic E-state index is 0.0460. The molecule has 1 saturated heterocycles. The van der Waals surface area contributed by atoms with E-state index in [1.807, 2.05) is 54.3 Å². The largest absolute Gasteiger partial charge is 0.497 e. The average Bonchev–Trinajstić information content (AvgIpc) is 2.68. The van der Waals surface area contributed by atoms with Gasteiger partial charge in [-0.25, -0.2) is 0 Å². The summed E-state index contributed by atoms with van der Waals surface area (Å²) in [5.41, 5.74) is 1.81. The summed E-state index contributed by atoms with van der Waals surface area (Å²) >= 11 is 0. The highest BCUT2D eigenvalue weighted by molar-refractivity contribution is 5.85. The highest BCUT2D eigenvalue weighted by atomic mass is 16.5. The predicted molar refractivity (Wildman–Crippen MR) is 107 cm³/mol. The van der Waals surface area contributed by atoms with Crippen LogP contribution < -0.4 is 4.74 Å². The number of hydrogen-bond acceptors (Lipinski definition) is 3. The van der Waals surface area contributed by atoms with E-state index in [9.17, 15) is 4.79 Å². The average molecular weight is 367 g/mol. The first-order valence-corrected chi connectivity index (χ1v) is 9.51. The highest BCUT2D eigenvalue weighted by Gasteiger charge is 2.39. The Bertz CT molecular complexity index is 772. The smallest absolute Gasteiger partial charge is 0.231 e. The molecular formula is C23H29NO3. The van der Waals surface area contributed by atoms with E-state index < -0.39 is 0 Å². The Morgan fingerprint density at radius 3 is 2.67 bits per heavy atom. The van der Waals surface area contributed by atoms with Crippen LogP contribution in [0.25, 0.3) is 0 Å². The number of carbonyl (C=O) groups is 1. The molecule has 0 spiro atoms. The lowest BCUT2D eigenvalue weighted by molar-refractivity contribution is -0.154. The Labute approximate surface area is 162 Å². The third kappa shape index (κ3) is 4.51. The number of hydrogen-bond donors (Lipinski definition) is 0. The molecule has 144 valence electrons. The van der Waals surface area contributed by atoms with Crippen molar-refractivity contribution < 1.29 is 14.3 Å². The second-order valence-corrected chi connectivity index (χ2v) is 7.90. The summed E-state index contributed by atoms with van der Waals surface area (Å²) in [7, 11) is 1.65. The van der Waals surface area contributed by atoms with E-state index >= 15 is 0 Å². The topological polar surface area (TPSA) is 38.8 Å². The third-order valence-electron chi connectivity index (χ3n) is 5.23. The maximum Gasteiger partial charge on any atom is 0.231 e. The van der Waals surface area contributed by atoms with Crippen LogP contribution in [-0.4, -0.2) is 42.7 Å². The van der Waals surface area contributed by atoms with Gasteiger partial charge in [0.1, 0.15) is 5.75 Å². The van der Waals surface area contributed by atoms with Gasteiger partial charge in [-0.3, -0.25) is 4.79 Å². The summed E-state index contributed by atoms with van der Waals surface area (Å²) in [5, 5.41) is 0. The fourth-order valence-electron chi connectivity index (χ4n) is 3.61. The highest BCUT2D eigenvalue weighted by Crippen LogP contribution is 2.31. The molecule has 4 heteroatoms. The lowest BCUT2D eigenvalue weighted by Crippen LogP contribution is -2.59. The van der Waals surface area contributed by atoms with Crippen LogP contribution in [0.1, 0.15) is 37.8 Å². The molecule has 0 N–H and O–H groups in total. The Kier molecular flexibility index (Phi) is 5.85. The van der Waals surface area contributed by atoms with Crippen molar-refractivity contribution in [1.82, 2.24) is 4.90 Å². The first-order chi connectivity index (χ1) is 12.9. The minimum Gasteiger partial charge on any atom is -0.497 e. The molecule has 1 heterocycles. The van der Waals surface area contributed by atoms with Crippen molar-refractivity contribution in [3.05, 3.63) is 65.7 Å². The molecule has 0 radical (unpaired) electrons. The van der Waals surface area contributed by atoms with Crippen molar-refractivity contribution in [2.45, 2.75) is 44.8 Å². The Morgan fingerprint density at radius 1 is 1.22 bits per heavy atom. The van der Waals surface area contributed by atoms with E-state index in [0.29, 0.717) is 19.6 Å². The van der Waals surface area contributed by atoms with Crippen LogP contribution in [0, 0.1) is 0 Å². The van der Waals surface area contributed by atoms with Gasteiger partial charge in [0.2, 0.25) is 5.91 Å². The van der Waals surface area contributed by atoms with Crippen molar-refractivity contribution in [3.63, 3.8) is 0 Å². The minimum atomic E-state index is -0.322. The zero-order valence-corrected chi connectivity index (χ0v) is 16.6. The van der Waals surface area contributed by atoms with Gasteiger partial charge in [0.15, 0.2) is 0 Å². The SMILES string of the molecule is COc1cccc(C(Cc2ccccc2)C(=O)N2CC(C)OCC2(C)C)c1. The van der Waals surface area contributed by atoms with E-state index in [1.54, 1.807) is 7.11 Å². The lowest BCUT2D eigenvalue weighted by Gasteiger charge is -2.46. The van der Waals surface area contributed by atoms with E-state index in [1.165, 1.54) is 0 Å². The number of amides is 1. The molecule has 2 aromatic rings. The van der Waals surface area contributed by atoms with Crippen LogP contribution in [-0.2, 0) is 16.0 Å². The second-order valence-electron chi connectivity index (χ2n) is 7.90. The van der Waals surface area contributed by atoms with Crippen LogP contribution in [0.5, 0.6) is 5.75 Å². The predicted octanol–water partition coefficient (Wildman–Crippen LogP) is 4.05. The monoisotopic (exact) mass is 367 g/mol. The molecule has 0 bridgehead atoms. The van der Waals surface area contributed by atoms with Gasteiger partial charge in [-0.2, -0.15) is 0 Å². The van der Waals surface area contributed by atoms with Crippen LogP contribution in [0.15, 0.2) is 54.6 Å². The molecule has 1 amide bonds. The van der Waals surface area contributed by atoms with Crippen LogP contribution in [0.4, 0.5) is 0 Å². The van der Waals surface area contributed by atoms with Crippen LogP contribution in [0.2, 0.25) is 0 Å². The summed E-state index contributed by atoms with van der Waals surface area (Å²) < 4.78 is 11.2. The Hall–Kier alpha value is -2.33. The van der Waals surface area contributed by atoms with Crippen molar-refractivity contribution in [3.8, 4) is 5.75 Å². The number of nitrogens with zero attached hydrogens (tertiary/aromatic N) is 1. The van der Waals surface area contributed by atoms with Gasteiger partial charge in [0.25, 0.3) is 0 Å². The number of morpholine rings is 1. The number of methoxy groups -OCH3 is 1. The van der Waals surface area contributed by atoms with Gasteiger partial charge in [-0.15, -0.1) is 0 Å². The van der Waals surface area contributed by atoms with Crippen molar-refractivity contribution in [2.75, 3.05) is 20.3 Å².